The van der Waals surface area contributed by atoms with E-state index in [-0.39, 0.29) is 18.1 Å². The first-order valence-electron chi connectivity index (χ1n) is 5.77. The van der Waals surface area contributed by atoms with E-state index in [0.717, 1.165) is 0 Å². The Bertz CT molecular complexity index is 484. The van der Waals surface area contributed by atoms with Crippen LogP contribution in [0, 0.1) is 0 Å². The molecule has 0 amide bonds. The van der Waals surface area contributed by atoms with Crippen LogP contribution in [0.1, 0.15) is 5.56 Å². The van der Waals surface area contributed by atoms with Gasteiger partial charge in [-0.05, 0) is 17.7 Å². The lowest BCUT2D eigenvalue weighted by Gasteiger charge is -2.16. The molecule has 110 valence electrons. The van der Waals surface area contributed by atoms with Gasteiger partial charge in [0.05, 0.1) is 13.2 Å². The molecule has 0 saturated carbocycles. The number of hydrogen-bond donors (Lipinski definition) is 5. The summed E-state index contributed by atoms with van der Waals surface area (Å²) < 4.78 is 4.92. The lowest BCUT2D eigenvalue weighted by Crippen LogP contribution is -2.38. The molecule has 7 heteroatoms. The molecule has 1 aromatic rings. The Kier molecular flexibility index (Phi) is 5.98. The summed E-state index contributed by atoms with van der Waals surface area (Å²) in [6.45, 7) is -0.817. The highest BCUT2D eigenvalue weighted by Gasteiger charge is 2.26. The number of aliphatic carboxylic acids is 1. The van der Waals surface area contributed by atoms with Crippen molar-refractivity contribution in [2.24, 2.45) is 0 Å². The van der Waals surface area contributed by atoms with Crippen LogP contribution in [0.5, 0.6) is 11.5 Å². The number of hydrogen-bond acceptors (Lipinski definition) is 6. The first-order valence-corrected chi connectivity index (χ1v) is 5.77. The molecule has 0 fully saturated rings. The van der Waals surface area contributed by atoms with E-state index in [1.807, 2.05) is 0 Å². The van der Waals surface area contributed by atoms with Crippen molar-refractivity contribution >= 4 is 12.0 Å². The van der Waals surface area contributed by atoms with Crippen LogP contribution in [0.2, 0.25) is 0 Å². The summed E-state index contributed by atoms with van der Waals surface area (Å²) in [7, 11) is 0. The van der Waals surface area contributed by atoms with Crippen LogP contribution >= 0.6 is 0 Å². The molecule has 0 radical (unpaired) electrons. The van der Waals surface area contributed by atoms with Crippen LogP contribution in [0.3, 0.4) is 0 Å². The average Bonchev–Trinajstić information content (AvgIpc) is 2.41. The Balaban J connectivity index is 2.55. The van der Waals surface area contributed by atoms with Gasteiger partial charge in [-0.15, -0.1) is 0 Å². The molecule has 0 aliphatic rings. The van der Waals surface area contributed by atoms with Crippen LogP contribution < -0.4 is 0 Å². The number of ether oxygens (including phenoxy) is 1. The van der Waals surface area contributed by atoms with E-state index in [1.54, 1.807) is 12.1 Å². The maximum absolute atomic E-state index is 10.8. The average molecular weight is 284 g/mol. The number of phenolic OH excluding ortho intramolecular Hbond substituents is 2. The lowest BCUT2D eigenvalue weighted by molar-refractivity contribution is -0.159. The predicted molar refractivity (Wildman–Crippen MR) is 69.3 cm³/mol. The second-order valence-corrected chi connectivity index (χ2v) is 3.99. The van der Waals surface area contributed by atoms with Crippen molar-refractivity contribution in [1.29, 1.82) is 0 Å². The quantitative estimate of drug-likeness (QED) is 0.443. The molecule has 0 aromatic heterocycles. The number of aliphatic hydroxyl groups is 2. The molecule has 0 aliphatic heterocycles. The molecule has 0 bridgehead atoms. The van der Waals surface area contributed by atoms with E-state index in [9.17, 15) is 15.0 Å². The van der Waals surface area contributed by atoms with Crippen LogP contribution in [0.25, 0.3) is 6.08 Å². The molecule has 0 unspecified atom stereocenters. The molecule has 0 saturated heterocycles. The van der Waals surface area contributed by atoms with E-state index in [1.165, 1.54) is 18.2 Å². The minimum atomic E-state index is -1.52. The first kappa shape index (κ1) is 16.0. The largest absolute Gasteiger partial charge is 0.504 e. The number of carbonyl (C=O) groups is 1. The molecule has 0 spiro atoms. The maximum atomic E-state index is 10.8. The Morgan fingerprint density at radius 1 is 1.30 bits per heavy atom. The summed E-state index contributed by atoms with van der Waals surface area (Å²) in [4.78, 5) is 10.8. The first-order chi connectivity index (χ1) is 9.45. The normalized spacial score (nSPS) is 14.3. The molecule has 1 aromatic carbocycles. The molecule has 5 N–H and O–H groups in total. The van der Waals surface area contributed by atoms with E-state index in [0.29, 0.717) is 5.56 Å². The summed E-state index contributed by atoms with van der Waals surface area (Å²) in [5, 5.41) is 45.1. The highest BCUT2D eigenvalue weighted by molar-refractivity contribution is 5.73. The van der Waals surface area contributed by atoms with Gasteiger partial charge in [-0.25, -0.2) is 4.79 Å². The fraction of sp³-hybridized carbons (Fsp3) is 0.308. The van der Waals surface area contributed by atoms with Crippen molar-refractivity contribution in [1.82, 2.24) is 0 Å². The minimum Gasteiger partial charge on any atom is -0.504 e. The van der Waals surface area contributed by atoms with Crippen molar-refractivity contribution < 1.29 is 35.1 Å². The molecule has 2 atom stereocenters. The second-order valence-electron chi connectivity index (χ2n) is 3.99. The van der Waals surface area contributed by atoms with Crippen LogP contribution in [0.15, 0.2) is 24.3 Å². The third kappa shape index (κ3) is 4.54. The van der Waals surface area contributed by atoms with Gasteiger partial charge in [-0.1, -0.05) is 18.2 Å². The van der Waals surface area contributed by atoms with E-state index in [4.69, 9.17) is 20.1 Å². The number of aliphatic hydroxyl groups excluding tert-OH is 2. The van der Waals surface area contributed by atoms with Crippen LogP contribution in [0.4, 0.5) is 0 Å². The molecular formula is C13H16O7. The highest BCUT2D eigenvalue weighted by atomic mass is 16.5. The molecule has 0 aliphatic carbocycles. The zero-order chi connectivity index (χ0) is 15.1. The fourth-order valence-corrected chi connectivity index (χ4v) is 1.43. The summed E-state index contributed by atoms with van der Waals surface area (Å²) in [6.07, 6.45) is 0.00593. The standard InChI is InChI=1S/C13H16O7/c14-7-11(17)12(13(18)19)20-5-1-2-8-3-4-9(15)10(16)6-8/h1-4,6,11-12,14-17H,5,7H2,(H,18,19)/b2-1+/t11-,12+/m1/s1. The lowest BCUT2D eigenvalue weighted by atomic mass is 10.2. The summed E-state index contributed by atoms with van der Waals surface area (Å²) >= 11 is 0. The van der Waals surface area contributed by atoms with Gasteiger partial charge in [0.1, 0.15) is 6.10 Å². The van der Waals surface area contributed by atoms with Crippen LogP contribution in [-0.2, 0) is 9.53 Å². The van der Waals surface area contributed by atoms with Gasteiger partial charge in [-0.2, -0.15) is 0 Å². The molecule has 20 heavy (non-hydrogen) atoms. The Morgan fingerprint density at radius 3 is 2.55 bits per heavy atom. The van der Waals surface area contributed by atoms with Crippen LogP contribution in [-0.4, -0.2) is 56.9 Å². The van der Waals surface area contributed by atoms with Gasteiger partial charge in [-0.3, -0.25) is 0 Å². The van der Waals surface area contributed by atoms with Gasteiger partial charge >= 0.3 is 5.97 Å². The number of aromatic hydroxyl groups is 2. The fourth-order valence-electron chi connectivity index (χ4n) is 1.43. The number of carboxylic acids is 1. The number of phenols is 2. The van der Waals surface area contributed by atoms with E-state index in [2.05, 4.69) is 0 Å². The van der Waals surface area contributed by atoms with Crippen molar-refractivity contribution in [2.45, 2.75) is 12.2 Å². The molecular weight excluding hydrogens is 268 g/mol. The predicted octanol–water partition coefficient (Wildman–Crippen LogP) is -0.0660. The number of benzene rings is 1. The third-order valence-electron chi connectivity index (χ3n) is 2.46. The van der Waals surface area contributed by atoms with Gasteiger partial charge in [0.2, 0.25) is 0 Å². The SMILES string of the molecule is O=C(O)[C@@H](OC/C=C/c1ccc(O)c(O)c1)[C@H](O)CO. The number of rotatable bonds is 7. The van der Waals surface area contributed by atoms with E-state index < -0.39 is 24.8 Å². The van der Waals surface area contributed by atoms with Crippen molar-refractivity contribution in [3.8, 4) is 11.5 Å². The van der Waals surface area contributed by atoms with Crippen molar-refractivity contribution in [3.05, 3.63) is 29.8 Å². The molecule has 0 heterocycles. The molecule has 1 rings (SSSR count). The summed E-state index contributed by atoms with van der Waals surface area (Å²) in [5.41, 5.74) is 0.582. The molecule has 7 nitrogen and oxygen atoms in total. The Labute approximate surface area is 115 Å². The minimum absolute atomic E-state index is 0.102. The third-order valence-corrected chi connectivity index (χ3v) is 2.46. The van der Waals surface area contributed by atoms with E-state index >= 15 is 0 Å². The maximum Gasteiger partial charge on any atom is 0.335 e. The summed E-state index contributed by atoms with van der Waals surface area (Å²) in [5.74, 6) is -1.88. The van der Waals surface area contributed by atoms with Crippen molar-refractivity contribution in [3.63, 3.8) is 0 Å². The zero-order valence-electron chi connectivity index (χ0n) is 10.5. The topological polar surface area (TPSA) is 127 Å². The van der Waals surface area contributed by atoms with Gasteiger partial charge in [0.15, 0.2) is 17.6 Å². The highest BCUT2D eigenvalue weighted by Crippen LogP contribution is 2.25. The smallest absolute Gasteiger partial charge is 0.335 e. The second kappa shape index (κ2) is 7.49. The Hall–Kier alpha value is -2.09. The van der Waals surface area contributed by atoms with Crippen molar-refractivity contribution in [2.75, 3.05) is 13.2 Å². The van der Waals surface area contributed by atoms with Gasteiger partial charge in [0, 0.05) is 0 Å². The Morgan fingerprint density at radius 2 is 2.00 bits per heavy atom. The summed E-state index contributed by atoms with van der Waals surface area (Å²) in [6, 6.07) is 4.18. The van der Waals surface area contributed by atoms with Gasteiger partial charge < -0.3 is 30.3 Å². The van der Waals surface area contributed by atoms with Gasteiger partial charge in [0.25, 0.3) is 0 Å². The zero-order valence-corrected chi connectivity index (χ0v) is 10.5. The number of carboxylic acid groups (broad SMARTS) is 1. The monoisotopic (exact) mass is 284 g/mol.